The molecule has 0 aliphatic carbocycles. The van der Waals surface area contributed by atoms with Crippen LogP contribution in [0.15, 0.2) is 29.1 Å². The Balaban J connectivity index is 2.20. The zero-order valence-corrected chi connectivity index (χ0v) is 21.2. The van der Waals surface area contributed by atoms with Gasteiger partial charge in [-0.3, -0.25) is 9.36 Å². The fraction of sp³-hybridized carbons (Fsp3) is 0.593. The first kappa shape index (κ1) is 25.8. The molecule has 5 nitrogen and oxygen atoms in total. The summed E-state index contributed by atoms with van der Waals surface area (Å²) >= 11 is 0. The summed E-state index contributed by atoms with van der Waals surface area (Å²) in [4.78, 5) is 12.4. The molecule has 2 rings (SSSR count). The molecule has 0 saturated carbocycles. The molecule has 1 aromatic carbocycles. The average Bonchev–Trinajstić information content (AvgIpc) is 2.75. The molecule has 2 aromatic rings. The van der Waals surface area contributed by atoms with Gasteiger partial charge in [0.2, 0.25) is 5.88 Å². The highest BCUT2D eigenvalue weighted by molar-refractivity contribution is 5.44. The Labute approximate surface area is 193 Å². The van der Waals surface area contributed by atoms with Crippen LogP contribution >= 0.6 is 0 Å². The molecule has 1 aromatic heterocycles. The number of rotatable bonds is 11. The maximum Gasteiger partial charge on any atom is 0.253 e. The molecule has 178 valence electrons. The van der Waals surface area contributed by atoms with Gasteiger partial charge in [0, 0.05) is 23.7 Å². The second-order valence-electron chi connectivity index (χ2n) is 9.79. The first-order valence-corrected chi connectivity index (χ1v) is 11.8. The number of aryl methyl sites for hydroxylation is 1. The van der Waals surface area contributed by atoms with Crippen LogP contribution in [-0.4, -0.2) is 22.9 Å². The molecule has 1 N–H and O–H groups in total. The van der Waals surface area contributed by atoms with Gasteiger partial charge in [-0.2, -0.15) is 0 Å². The fourth-order valence-electron chi connectivity index (χ4n) is 3.68. The molecule has 0 spiro atoms. The van der Waals surface area contributed by atoms with E-state index in [0.29, 0.717) is 37.5 Å². The summed E-state index contributed by atoms with van der Waals surface area (Å²) in [5.74, 6) is 1.15. The van der Waals surface area contributed by atoms with Crippen LogP contribution in [0.1, 0.15) is 84.4 Å². The quantitative estimate of drug-likeness (QED) is 0.426. The van der Waals surface area contributed by atoms with Crippen LogP contribution in [0, 0.1) is 6.92 Å². The van der Waals surface area contributed by atoms with Crippen molar-refractivity contribution in [2.75, 3.05) is 13.2 Å². The lowest BCUT2D eigenvalue weighted by Crippen LogP contribution is -2.23. The summed E-state index contributed by atoms with van der Waals surface area (Å²) in [5.41, 5.74) is 3.05. The van der Waals surface area contributed by atoms with Crippen molar-refractivity contribution < 1.29 is 14.6 Å². The van der Waals surface area contributed by atoms with Crippen LogP contribution < -0.4 is 15.0 Å². The summed E-state index contributed by atoms with van der Waals surface area (Å²) in [6, 6.07) is 8.05. The second kappa shape index (κ2) is 10.5. The zero-order valence-electron chi connectivity index (χ0n) is 21.2. The molecule has 0 radical (unpaired) electrons. The van der Waals surface area contributed by atoms with Gasteiger partial charge in [-0.25, -0.2) is 0 Å². The largest absolute Gasteiger partial charge is 0.493 e. The lowest BCUT2D eigenvalue weighted by Gasteiger charge is -2.30. The van der Waals surface area contributed by atoms with Crippen LogP contribution in [0.3, 0.4) is 0 Å². The monoisotopic (exact) mass is 443 g/mol. The highest BCUT2D eigenvalue weighted by atomic mass is 16.5. The van der Waals surface area contributed by atoms with Crippen molar-refractivity contribution in [1.82, 2.24) is 4.57 Å². The summed E-state index contributed by atoms with van der Waals surface area (Å²) in [6.07, 6.45) is 2.67. The smallest absolute Gasteiger partial charge is 0.253 e. The van der Waals surface area contributed by atoms with E-state index in [0.717, 1.165) is 18.6 Å². The van der Waals surface area contributed by atoms with Crippen LogP contribution in [-0.2, 0) is 17.4 Å². The maximum absolute atomic E-state index is 12.4. The maximum atomic E-state index is 12.4. The normalized spacial score (nSPS) is 12.1. The molecule has 0 atom stereocenters. The van der Waals surface area contributed by atoms with Crippen molar-refractivity contribution in [3.63, 3.8) is 0 Å². The molecule has 0 unspecified atom stereocenters. The highest BCUT2D eigenvalue weighted by Gasteiger charge is 2.26. The van der Waals surface area contributed by atoms with Crippen LogP contribution in [0.2, 0.25) is 0 Å². The first-order valence-electron chi connectivity index (χ1n) is 11.8. The van der Waals surface area contributed by atoms with E-state index in [1.165, 1.54) is 21.8 Å². The summed E-state index contributed by atoms with van der Waals surface area (Å²) in [7, 11) is 0. The van der Waals surface area contributed by atoms with Crippen molar-refractivity contribution in [3.05, 3.63) is 51.3 Å². The van der Waals surface area contributed by atoms with Gasteiger partial charge in [0.05, 0.1) is 13.2 Å². The predicted molar refractivity (Wildman–Crippen MR) is 131 cm³/mol. The molecule has 0 fully saturated rings. The molecule has 0 bridgehead atoms. The lowest BCUT2D eigenvalue weighted by atomic mass is 9.76. The van der Waals surface area contributed by atoms with Gasteiger partial charge in [-0.05, 0) is 55.6 Å². The molecule has 32 heavy (non-hydrogen) atoms. The number of nitrogens with zero attached hydrogens (tertiary/aromatic N) is 1. The van der Waals surface area contributed by atoms with E-state index in [2.05, 4.69) is 59.7 Å². The van der Waals surface area contributed by atoms with E-state index in [4.69, 9.17) is 9.47 Å². The predicted octanol–water partition coefficient (Wildman–Crippen LogP) is 6.11. The van der Waals surface area contributed by atoms with Crippen molar-refractivity contribution >= 4 is 0 Å². The van der Waals surface area contributed by atoms with Gasteiger partial charge >= 0.3 is 0 Å². The van der Waals surface area contributed by atoms with E-state index < -0.39 is 0 Å². The topological polar surface area (TPSA) is 60.7 Å². The molecule has 5 heteroatoms. The Kier molecular flexibility index (Phi) is 8.44. The first-order chi connectivity index (χ1) is 15.0. The number of aromatic hydroxyl groups is 1. The zero-order chi connectivity index (χ0) is 24.1. The molecular formula is C27H41NO4. The minimum atomic E-state index is -0.234. The third kappa shape index (κ3) is 5.67. The summed E-state index contributed by atoms with van der Waals surface area (Å²) in [5, 5.41) is 10.5. The third-order valence-corrected chi connectivity index (χ3v) is 6.75. The van der Waals surface area contributed by atoms with Crippen molar-refractivity contribution in [1.29, 1.82) is 0 Å². The van der Waals surface area contributed by atoms with Gasteiger partial charge in [0.1, 0.15) is 5.75 Å². The minimum absolute atomic E-state index is 0.00623. The second-order valence-corrected chi connectivity index (χ2v) is 9.79. The Morgan fingerprint density at radius 1 is 0.969 bits per heavy atom. The van der Waals surface area contributed by atoms with E-state index in [9.17, 15) is 9.90 Å². The lowest BCUT2D eigenvalue weighted by molar-refractivity contribution is 0.275. The Morgan fingerprint density at radius 2 is 1.62 bits per heavy atom. The molecule has 0 amide bonds. The van der Waals surface area contributed by atoms with E-state index >= 15 is 0 Å². The minimum Gasteiger partial charge on any atom is -0.493 e. The Bertz CT molecular complexity index is 972. The summed E-state index contributed by atoms with van der Waals surface area (Å²) < 4.78 is 13.1. The Morgan fingerprint density at radius 3 is 2.22 bits per heavy atom. The number of ether oxygens (including phenoxy) is 2. The van der Waals surface area contributed by atoms with Gasteiger partial charge in [-0.15, -0.1) is 0 Å². The molecule has 0 aliphatic rings. The number of hydrogen-bond donors (Lipinski definition) is 1. The standard InChI is InChI=1S/C27H41NO4/c1-9-26(5,6)20-13-14-22(21(18-20)27(7,8)10-2)32-16-12-15-28-23(29)17-19(4)24(25(28)30)31-11-3/h13-14,17-18,30H,9-12,15-16H2,1-8H3. The number of pyridine rings is 1. The summed E-state index contributed by atoms with van der Waals surface area (Å²) in [6.45, 7) is 18.3. The van der Waals surface area contributed by atoms with Crippen LogP contribution in [0.25, 0.3) is 0 Å². The molecule has 1 heterocycles. The van der Waals surface area contributed by atoms with Gasteiger partial charge in [0.25, 0.3) is 5.56 Å². The van der Waals surface area contributed by atoms with Gasteiger partial charge < -0.3 is 14.6 Å². The van der Waals surface area contributed by atoms with Crippen molar-refractivity contribution in [2.45, 2.75) is 92.0 Å². The molecule has 0 saturated heterocycles. The highest BCUT2D eigenvalue weighted by Crippen LogP contribution is 2.38. The van der Waals surface area contributed by atoms with Crippen LogP contribution in [0.5, 0.6) is 17.4 Å². The molecular weight excluding hydrogens is 402 g/mol. The number of hydrogen-bond acceptors (Lipinski definition) is 4. The third-order valence-electron chi connectivity index (χ3n) is 6.75. The fourth-order valence-corrected chi connectivity index (χ4v) is 3.68. The molecule has 0 aliphatic heterocycles. The Hall–Kier alpha value is -2.43. The van der Waals surface area contributed by atoms with Crippen LogP contribution in [0.4, 0.5) is 0 Å². The van der Waals surface area contributed by atoms with E-state index in [1.54, 1.807) is 6.92 Å². The van der Waals surface area contributed by atoms with Crippen molar-refractivity contribution in [3.8, 4) is 17.4 Å². The van der Waals surface area contributed by atoms with Gasteiger partial charge in [0.15, 0.2) is 5.75 Å². The SMILES string of the molecule is CCOc1c(C)cc(=O)n(CCCOc2ccc(C(C)(C)CC)cc2C(C)(C)CC)c1O. The number of aromatic nitrogens is 1. The van der Waals surface area contributed by atoms with E-state index in [-0.39, 0.29) is 22.3 Å². The average molecular weight is 444 g/mol. The number of benzene rings is 1. The van der Waals surface area contributed by atoms with Crippen molar-refractivity contribution in [2.24, 2.45) is 0 Å². The van der Waals surface area contributed by atoms with Gasteiger partial charge in [-0.1, -0.05) is 53.7 Å². The van der Waals surface area contributed by atoms with E-state index in [1.807, 2.05) is 6.92 Å².